The van der Waals surface area contributed by atoms with E-state index in [0.717, 1.165) is 22.2 Å². The van der Waals surface area contributed by atoms with E-state index in [4.69, 9.17) is 21.9 Å². The zero-order valence-corrected chi connectivity index (χ0v) is 14.9. The van der Waals surface area contributed by atoms with Gasteiger partial charge in [-0.05, 0) is 53.9 Å². The highest BCUT2D eigenvalue weighted by Gasteiger charge is 2.18. The van der Waals surface area contributed by atoms with Gasteiger partial charge in [0.15, 0.2) is 5.82 Å². The molecule has 1 aromatic heterocycles. The maximum Gasteiger partial charge on any atom is 0.259 e. The van der Waals surface area contributed by atoms with Gasteiger partial charge >= 0.3 is 0 Å². The highest BCUT2D eigenvalue weighted by atomic mass is 127. The molecule has 2 rings (SSSR count). The fourth-order valence-corrected chi connectivity index (χ4v) is 2.74. The SMILES string of the molecule is CCN(CC)CC(N)c1noc(-c2cc(Cl)ccc2I)n1. The summed E-state index contributed by atoms with van der Waals surface area (Å²) in [5.41, 5.74) is 6.98. The van der Waals surface area contributed by atoms with E-state index >= 15 is 0 Å². The summed E-state index contributed by atoms with van der Waals surface area (Å²) >= 11 is 8.23. The van der Waals surface area contributed by atoms with Crippen LogP contribution in [-0.2, 0) is 0 Å². The second-order valence-corrected chi connectivity index (χ2v) is 6.27. The maximum atomic E-state index is 6.15. The molecule has 1 atom stereocenters. The summed E-state index contributed by atoms with van der Waals surface area (Å²) in [5, 5.41) is 4.64. The fourth-order valence-electron chi connectivity index (χ4n) is 2.00. The van der Waals surface area contributed by atoms with Crippen molar-refractivity contribution in [3.8, 4) is 11.5 Å². The first-order valence-electron chi connectivity index (χ1n) is 6.82. The van der Waals surface area contributed by atoms with Gasteiger partial charge in [-0.3, -0.25) is 0 Å². The van der Waals surface area contributed by atoms with Crippen LogP contribution >= 0.6 is 34.2 Å². The number of benzene rings is 1. The van der Waals surface area contributed by atoms with Crippen LogP contribution in [0.15, 0.2) is 22.7 Å². The van der Waals surface area contributed by atoms with E-state index in [2.05, 4.69) is 51.5 Å². The Hall–Kier alpha value is -0.700. The molecule has 7 heteroatoms. The second-order valence-electron chi connectivity index (χ2n) is 4.67. The summed E-state index contributed by atoms with van der Waals surface area (Å²) in [6.45, 7) is 6.80. The quantitative estimate of drug-likeness (QED) is 0.726. The molecule has 0 fully saturated rings. The lowest BCUT2D eigenvalue weighted by atomic mass is 10.2. The van der Waals surface area contributed by atoms with Gasteiger partial charge in [-0.25, -0.2) is 0 Å². The third-order valence-corrected chi connectivity index (χ3v) is 4.46. The first-order valence-corrected chi connectivity index (χ1v) is 8.27. The third kappa shape index (κ3) is 4.15. The maximum absolute atomic E-state index is 6.15. The van der Waals surface area contributed by atoms with E-state index < -0.39 is 0 Å². The average Bonchev–Trinajstić information content (AvgIpc) is 2.96. The predicted molar refractivity (Wildman–Crippen MR) is 92.2 cm³/mol. The molecule has 0 amide bonds. The number of hydrogen-bond donors (Lipinski definition) is 1. The fraction of sp³-hybridized carbons (Fsp3) is 0.429. The second kappa shape index (κ2) is 7.53. The summed E-state index contributed by atoms with van der Waals surface area (Å²) in [5.74, 6) is 0.972. The van der Waals surface area contributed by atoms with Crippen LogP contribution in [0.2, 0.25) is 5.02 Å². The van der Waals surface area contributed by atoms with Crippen molar-refractivity contribution in [1.29, 1.82) is 0 Å². The van der Waals surface area contributed by atoms with Crippen molar-refractivity contribution in [2.45, 2.75) is 19.9 Å². The molecule has 5 nitrogen and oxygen atoms in total. The number of nitrogens with two attached hydrogens (primary N) is 1. The Bertz CT molecular complexity index is 600. The Morgan fingerprint density at radius 3 is 2.76 bits per heavy atom. The van der Waals surface area contributed by atoms with Crippen LogP contribution < -0.4 is 5.73 Å². The molecule has 114 valence electrons. The number of hydrogen-bond acceptors (Lipinski definition) is 5. The standard InChI is InChI=1S/C14H18ClIN4O/c1-3-20(4-2)8-12(17)13-18-14(21-19-13)10-7-9(15)5-6-11(10)16/h5-7,12H,3-4,8,17H2,1-2H3. The Labute approximate surface area is 143 Å². The van der Waals surface area contributed by atoms with Gasteiger partial charge in [-0.15, -0.1) is 0 Å². The summed E-state index contributed by atoms with van der Waals surface area (Å²) in [6, 6.07) is 5.30. The minimum atomic E-state index is -0.265. The lowest BCUT2D eigenvalue weighted by Gasteiger charge is -2.20. The van der Waals surface area contributed by atoms with Crippen molar-refractivity contribution >= 4 is 34.2 Å². The van der Waals surface area contributed by atoms with Gasteiger partial charge in [0.25, 0.3) is 5.89 Å². The minimum absolute atomic E-state index is 0.265. The van der Waals surface area contributed by atoms with E-state index in [1.165, 1.54) is 0 Å². The molecule has 0 saturated carbocycles. The summed E-state index contributed by atoms with van der Waals surface area (Å²) in [6.07, 6.45) is 0. The first-order chi connectivity index (χ1) is 10.0. The van der Waals surface area contributed by atoms with Gasteiger partial charge in [0.05, 0.1) is 11.6 Å². The molecule has 0 aliphatic rings. The van der Waals surface area contributed by atoms with Crippen molar-refractivity contribution in [3.05, 3.63) is 32.6 Å². The normalized spacial score (nSPS) is 12.9. The molecule has 1 unspecified atom stereocenters. The zero-order chi connectivity index (χ0) is 15.4. The predicted octanol–water partition coefficient (Wildman–Crippen LogP) is 3.34. The average molecular weight is 421 g/mol. The van der Waals surface area contributed by atoms with Gasteiger partial charge in [-0.2, -0.15) is 4.98 Å². The van der Waals surface area contributed by atoms with E-state index in [9.17, 15) is 0 Å². The summed E-state index contributed by atoms with van der Waals surface area (Å²) < 4.78 is 6.34. The lowest BCUT2D eigenvalue weighted by Crippen LogP contribution is -2.32. The van der Waals surface area contributed by atoms with Crippen molar-refractivity contribution in [2.24, 2.45) is 5.73 Å². The molecule has 0 bridgehead atoms. The van der Waals surface area contributed by atoms with E-state index in [1.54, 1.807) is 0 Å². The third-order valence-electron chi connectivity index (χ3n) is 3.28. The highest BCUT2D eigenvalue weighted by Crippen LogP contribution is 2.27. The van der Waals surface area contributed by atoms with Crippen LogP contribution in [0.25, 0.3) is 11.5 Å². The number of likely N-dealkylation sites (N-methyl/N-ethyl adjacent to an activating group) is 1. The number of rotatable bonds is 6. The van der Waals surface area contributed by atoms with Crippen molar-refractivity contribution in [2.75, 3.05) is 19.6 Å². The minimum Gasteiger partial charge on any atom is -0.334 e. The molecule has 1 heterocycles. The van der Waals surface area contributed by atoms with Gasteiger partial charge in [0, 0.05) is 15.1 Å². The lowest BCUT2D eigenvalue weighted by molar-refractivity contribution is 0.278. The summed E-state index contributed by atoms with van der Waals surface area (Å²) in [7, 11) is 0. The van der Waals surface area contributed by atoms with E-state index in [1.807, 2.05) is 18.2 Å². The van der Waals surface area contributed by atoms with Crippen molar-refractivity contribution in [1.82, 2.24) is 15.0 Å². The number of aromatic nitrogens is 2. The van der Waals surface area contributed by atoms with Crippen LogP contribution in [0, 0.1) is 3.57 Å². The molecule has 1 aromatic carbocycles. The van der Waals surface area contributed by atoms with Gasteiger partial charge in [-0.1, -0.05) is 30.6 Å². The van der Waals surface area contributed by atoms with E-state index in [-0.39, 0.29) is 6.04 Å². The van der Waals surface area contributed by atoms with Crippen LogP contribution in [-0.4, -0.2) is 34.7 Å². The first kappa shape index (κ1) is 16.7. The van der Waals surface area contributed by atoms with Gasteiger partial charge < -0.3 is 15.2 Å². The Morgan fingerprint density at radius 1 is 1.38 bits per heavy atom. The van der Waals surface area contributed by atoms with Gasteiger partial charge in [0.2, 0.25) is 0 Å². The molecular formula is C14H18ClIN4O. The molecule has 0 spiro atoms. The Morgan fingerprint density at radius 2 is 2.10 bits per heavy atom. The largest absolute Gasteiger partial charge is 0.334 e. The topological polar surface area (TPSA) is 68.2 Å². The molecule has 0 aliphatic carbocycles. The van der Waals surface area contributed by atoms with Crippen LogP contribution in [0.1, 0.15) is 25.7 Å². The Balaban J connectivity index is 2.19. The van der Waals surface area contributed by atoms with Crippen LogP contribution in [0.3, 0.4) is 0 Å². The van der Waals surface area contributed by atoms with Crippen molar-refractivity contribution in [3.63, 3.8) is 0 Å². The van der Waals surface area contributed by atoms with E-state index in [0.29, 0.717) is 23.3 Å². The smallest absolute Gasteiger partial charge is 0.259 e. The van der Waals surface area contributed by atoms with Crippen LogP contribution in [0.5, 0.6) is 0 Å². The molecule has 0 aliphatic heterocycles. The molecular weight excluding hydrogens is 403 g/mol. The van der Waals surface area contributed by atoms with Gasteiger partial charge in [0.1, 0.15) is 0 Å². The van der Waals surface area contributed by atoms with Crippen LogP contribution in [0.4, 0.5) is 0 Å². The number of nitrogens with zero attached hydrogens (tertiary/aromatic N) is 3. The zero-order valence-electron chi connectivity index (χ0n) is 12.0. The molecule has 21 heavy (non-hydrogen) atoms. The number of halogens is 2. The Kier molecular flexibility index (Phi) is 5.98. The molecule has 0 saturated heterocycles. The monoisotopic (exact) mass is 420 g/mol. The van der Waals surface area contributed by atoms with Crippen molar-refractivity contribution < 1.29 is 4.52 Å². The highest BCUT2D eigenvalue weighted by molar-refractivity contribution is 14.1. The molecule has 2 N–H and O–H groups in total. The molecule has 2 aromatic rings. The molecule has 0 radical (unpaired) electrons. The summed E-state index contributed by atoms with van der Waals surface area (Å²) in [4.78, 5) is 6.64.